The molecule has 0 radical (unpaired) electrons. The Labute approximate surface area is 132 Å². The molecular weight excluding hydrogens is 301 g/mol. The standard InChI is InChI=1S/C16H18FN3O3/c1-10(21)11-6-7-19(8-11)16(23)15-14(22)9-20(18-15)13-4-2-12(17)3-5-13/h2-5,9-11,21-22H,6-8H2,1H3. The van der Waals surface area contributed by atoms with Crippen LogP contribution in [0.3, 0.4) is 0 Å². The summed E-state index contributed by atoms with van der Waals surface area (Å²) in [5.41, 5.74) is 0.504. The number of hydrogen-bond donors (Lipinski definition) is 2. The van der Waals surface area contributed by atoms with E-state index >= 15 is 0 Å². The first kappa shape index (κ1) is 15.5. The third kappa shape index (κ3) is 3.05. The van der Waals surface area contributed by atoms with Crippen molar-refractivity contribution in [1.82, 2.24) is 14.7 Å². The summed E-state index contributed by atoms with van der Waals surface area (Å²) in [5, 5.41) is 23.7. The zero-order valence-corrected chi connectivity index (χ0v) is 12.7. The summed E-state index contributed by atoms with van der Waals surface area (Å²) in [4.78, 5) is 14.1. The maximum absolute atomic E-state index is 13.0. The van der Waals surface area contributed by atoms with E-state index in [0.29, 0.717) is 18.8 Å². The van der Waals surface area contributed by atoms with Gasteiger partial charge in [-0.2, -0.15) is 5.10 Å². The number of amides is 1. The van der Waals surface area contributed by atoms with Crippen molar-refractivity contribution in [1.29, 1.82) is 0 Å². The summed E-state index contributed by atoms with van der Waals surface area (Å²) in [7, 11) is 0. The van der Waals surface area contributed by atoms with Gasteiger partial charge in [0.1, 0.15) is 5.82 Å². The first-order valence-electron chi connectivity index (χ1n) is 7.47. The maximum Gasteiger partial charge on any atom is 0.278 e. The third-order valence-corrected chi connectivity index (χ3v) is 4.18. The van der Waals surface area contributed by atoms with Gasteiger partial charge in [-0.15, -0.1) is 0 Å². The van der Waals surface area contributed by atoms with Gasteiger partial charge < -0.3 is 15.1 Å². The van der Waals surface area contributed by atoms with E-state index in [1.165, 1.54) is 35.1 Å². The minimum Gasteiger partial charge on any atom is -0.504 e. The first-order valence-corrected chi connectivity index (χ1v) is 7.47. The van der Waals surface area contributed by atoms with Crippen molar-refractivity contribution >= 4 is 5.91 Å². The van der Waals surface area contributed by atoms with Gasteiger partial charge in [-0.3, -0.25) is 4.79 Å². The van der Waals surface area contributed by atoms with Crippen LogP contribution in [0.4, 0.5) is 4.39 Å². The molecule has 0 bridgehead atoms. The number of rotatable bonds is 3. The Morgan fingerprint density at radius 2 is 2.09 bits per heavy atom. The fourth-order valence-electron chi connectivity index (χ4n) is 2.76. The number of likely N-dealkylation sites (tertiary alicyclic amines) is 1. The first-order chi connectivity index (χ1) is 11.0. The molecule has 1 saturated heterocycles. The molecule has 2 atom stereocenters. The topological polar surface area (TPSA) is 78.6 Å². The molecular formula is C16H18FN3O3. The average molecular weight is 319 g/mol. The lowest BCUT2D eigenvalue weighted by atomic mass is 10.0. The van der Waals surface area contributed by atoms with Gasteiger partial charge in [0, 0.05) is 19.0 Å². The van der Waals surface area contributed by atoms with Crippen molar-refractivity contribution < 1.29 is 19.4 Å². The van der Waals surface area contributed by atoms with Gasteiger partial charge in [0.2, 0.25) is 0 Å². The monoisotopic (exact) mass is 319 g/mol. The second-order valence-electron chi connectivity index (χ2n) is 5.82. The Morgan fingerprint density at radius 1 is 1.39 bits per heavy atom. The number of carbonyl (C=O) groups excluding carboxylic acids is 1. The van der Waals surface area contributed by atoms with Crippen LogP contribution in [0.2, 0.25) is 0 Å². The molecule has 1 aromatic heterocycles. The Hall–Kier alpha value is -2.41. The van der Waals surface area contributed by atoms with Gasteiger partial charge in [0.15, 0.2) is 11.4 Å². The highest BCUT2D eigenvalue weighted by Gasteiger charge is 2.32. The molecule has 3 rings (SSSR count). The Morgan fingerprint density at radius 3 is 2.70 bits per heavy atom. The van der Waals surface area contributed by atoms with Crippen molar-refractivity contribution in [2.45, 2.75) is 19.4 Å². The molecule has 23 heavy (non-hydrogen) atoms. The predicted molar refractivity (Wildman–Crippen MR) is 80.9 cm³/mol. The Bertz CT molecular complexity index is 712. The van der Waals surface area contributed by atoms with E-state index in [1.54, 1.807) is 11.8 Å². The fourth-order valence-corrected chi connectivity index (χ4v) is 2.76. The minimum absolute atomic E-state index is 0.0411. The number of aliphatic hydroxyl groups is 1. The minimum atomic E-state index is -0.474. The van der Waals surface area contributed by atoms with Crippen LogP contribution in [0.15, 0.2) is 30.5 Å². The van der Waals surface area contributed by atoms with Crippen molar-refractivity contribution in [2.24, 2.45) is 5.92 Å². The van der Waals surface area contributed by atoms with Crippen LogP contribution in [-0.2, 0) is 0 Å². The van der Waals surface area contributed by atoms with Gasteiger partial charge in [-0.05, 0) is 37.6 Å². The second kappa shape index (κ2) is 6.00. The molecule has 6 nitrogen and oxygen atoms in total. The summed E-state index contributed by atoms with van der Waals surface area (Å²) in [5.74, 6) is -0.922. The van der Waals surface area contributed by atoms with E-state index in [-0.39, 0.29) is 29.1 Å². The molecule has 122 valence electrons. The number of halogens is 1. The van der Waals surface area contributed by atoms with E-state index < -0.39 is 6.10 Å². The highest BCUT2D eigenvalue weighted by Crippen LogP contribution is 2.25. The van der Waals surface area contributed by atoms with Crippen LogP contribution < -0.4 is 0 Å². The second-order valence-corrected chi connectivity index (χ2v) is 5.82. The molecule has 1 aromatic carbocycles. The van der Waals surface area contributed by atoms with E-state index in [4.69, 9.17) is 0 Å². The van der Waals surface area contributed by atoms with Crippen molar-refractivity contribution in [3.05, 3.63) is 42.0 Å². The zero-order chi connectivity index (χ0) is 16.6. The van der Waals surface area contributed by atoms with Crippen LogP contribution in [0, 0.1) is 11.7 Å². The van der Waals surface area contributed by atoms with Crippen LogP contribution in [0.25, 0.3) is 5.69 Å². The molecule has 0 spiro atoms. The lowest BCUT2D eigenvalue weighted by molar-refractivity contribution is 0.0753. The molecule has 2 unspecified atom stereocenters. The number of hydrogen-bond acceptors (Lipinski definition) is 4. The SMILES string of the molecule is CC(O)C1CCN(C(=O)c2nn(-c3ccc(F)cc3)cc2O)C1. The van der Waals surface area contributed by atoms with Crippen LogP contribution in [0.1, 0.15) is 23.8 Å². The number of carbonyl (C=O) groups is 1. The fraction of sp³-hybridized carbons (Fsp3) is 0.375. The number of aromatic nitrogens is 2. The van der Waals surface area contributed by atoms with E-state index in [0.717, 1.165) is 6.42 Å². The summed E-state index contributed by atoms with van der Waals surface area (Å²) in [6.07, 6.45) is 1.57. The largest absolute Gasteiger partial charge is 0.504 e. The van der Waals surface area contributed by atoms with E-state index in [1.807, 2.05) is 0 Å². The quantitative estimate of drug-likeness (QED) is 0.900. The molecule has 7 heteroatoms. The Kier molecular flexibility index (Phi) is 4.04. The zero-order valence-electron chi connectivity index (χ0n) is 12.7. The van der Waals surface area contributed by atoms with Crippen molar-refractivity contribution in [2.75, 3.05) is 13.1 Å². The van der Waals surface area contributed by atoms with E-state index in [9.17, 15) is 19.4 Å². The number of aliphatic hydroxyl groups excluding tert-OH is 1. The highest BCUT2D eigenvalue weighted by molar-refractivity contribution is 5.95. The molecule has 1 aliphatic rings. The van der Waals surface area contributed by atoms with Gasteiger partial charge in [0.25, 0.3) is 5.91 Å². The molecule has 0 aliphatic carbocycles. The van der Waals surface area contributed by atoms with Gasteiger partial charge >= 0.3 is 0 Å². The van der Waals surface area contributed by atoms with Gasteiger partial charge in [-0.25, -0.2) is 9.07 Å². The average Bonchev–Trinajstić information content (AvgIpc) is 3.14. The number of nitrogens with zero attached hydrogens (tertiary/aromatic N) is 3. The van der Waals surface area contributed by atoms with E-state index in [2.05, 4.69) is 5.10 Å². The van der Waals surface area contributed by atoms with Crippen molar-refractivity contribution in [3.63, 3.8) is 0 Å². The predicted octanol–water partition coefficient (Wildman–Crippen LogP) is 1.56. The normalized spacial score (nSPS) is 19.1. The molecule has 2 aromatic rings. The number of benzene rings is 1. The molecule has 2 heterocycles. The summed E-state index contributed by atoms with van der Waals surface area (Å²) >= 11 is 0. The maximum atomic E-state index is 13.0. The van der Waals surface area contributed by atoms with Crippen LogP contribution in [0.5, 0.6) is 5.75 Å². The highest BCUT2D eigenvalue weighted by atomic mass is 19.1. The smallest absolute Gasteiger partial charge is 0.278 e. The number of aromatic hydroxyl groups is 1. The summed E-state index contributed by atoms with van der Waals surface area (Å²) in [6.45, 7) is 2.68. The van der Waals surface area contributed by atoms with Gasteiger partial charge in [-0.1, -0.05) is 0 Å². The molecule has 1 amide bonds. The third-order valence-electron chi connectivity index (χ3n) is 4.18. The lowest BCUT2D eigenvalue weighted by Gasteiger charge is -2.16. The molecule has 1 aliphatic heterocycles. The lowest BCUT2D eigenvalue weighted by Crippen LogP contribution is -2.30. The molecule has 2 N–H and O–H groups in total. The molecule has 0 saturated carbocycles. The Balaban J connectivity index is 1.81. The van der Waals surface area contributed by atoms with Crippen LogP contribution >= 0.6 is 0 Å². The summed E-state index contributed by atoms with van der Waals surface area (Å²) < 4.78 is 14.3. The van der Waals surface area contributed by atoms with Crippen molar-refractivity contribution in [3.8, 4) is 11.4 Å². The van der Waals surface area contributed by atoms with Gasteiger partial charge in [0.05, 0.1) is 18.0 Å². The summed E-state index contributed by atoms with van der Waals surface area (Å²) in [6, 6.07) is 5.58. The van der Waals surface area contributed by atoms with Crippen LogP contribution in [-0.4, -0.2) is 50.0 Å². The molecule has 1 fully saturated rings.